The number of hydrogen-bond donors (Lipinski definition) is 2. The van der Waals surface area contributed by atoms with Crippen LogP contribution in [-0.2, 0) is 25.6 Å². The highest BCUT2D eigenvalue weighted by molar-refractivity contribution is 5.73. The minimum absolute atomic E-state index is 0.00850. The number of ether oxygens (including phenoxy) is 3. The van der Waals surface area contributed by atoms with Crippen LogP contribution in [0.25, 0.3) is 0 Å². The Labute approximate surface area is 170 Å². The number of nitrogens with zero attached hydrogens (tertiary/aromatic N) is 1. The van der Waals surface area contributed by atoms with E-state index in [0.717, 1.165) is 5.56 Å². The smallest absolute Gasteiger partial charge is 0.410 e. The van der Waals surface area contributed by atoms with Crippen LogP contribution in [0.15, 0.2) is 30.3 Å². The van der Waals surface area contributed by atoms with E-state index in [1.807, 2.05) is 30.3 Å². The monoisotopic (exact) mass is 407 g/mol. The summed E-state index contributed by atoms with van der Waals surface area (Å²) in [5, 5.41) is 5.76. The molecule has 1 saturated heterocycles. The number of carbonyl (C=O) groups is 3. The summed E-state index contributed by atoms with van der Waals surface area (Å²) in [6, 6.07) is 9.31. The first-order valence-electron chi connectivity index (χ1n) is 9.37. The van der Waals surface area contributed by atoms with Crippen molar-refractivity contribution in [2.45, 2.75) is 38.5 Å². The van der Waals surface area contributed by atoms with Gasteiger partial charge in [0, 0.05) is 6.54 Å². The Kier molecular flexibility index (Phi) is 7.44. The van der Waals surface area contributed by atoms with Crippen molar-refractivity contribution in [3.8, 4) is 0 Å². The Morgan fingerprint density at radius 3 is 2.38 bits per heavy atom. The van der Waals surface area contributed by atoms with Crippen molar-refractivity contribution in [2.75, 3.05) is 33.3 Å². The molecule has 1 aliphatic rings. The normalized spacial score (nSPS) is 15.1. The van der Waals surface area contributed by atoms with Crippen molar-refractivity contribution in [3.05, 3.63) is 35.9 Å². The lowest BCUT2D eigenvalue weighted by atomic mass is 9.90. The van der Waals surface area contributed by atoms with E-state index in [1.54, 1.807) is 20.8 Å². The molecule has 0 aliphatic carbocycles. The number of likely N-dealkylation sites (tertiary alicyclic amines) is 1. The van der Waals surface area contributed by atoms with Crippen LogP contribution in [0.4, 0.5) is 9.59 Å². The maximum absolute atomic E-state index is 12.3. The molecule has 1 heterocycles. The maximum Gasteiger partial charge on any atom is 0.410 e. The second-order valence-electron chi connectivity index (χ2n) is 7.98. The molecule has 1 aromatic carbocycles. The number of amides is 2. The van der Waals surface area contributed by atoms with E-state index < -0.39 is 29.3 Å². The van der Waals surface area contributed by atoms with Crippen LogP contribution in [-0.4, -0.2) is 67.5 Å². The van der Waals surface area contributed by atoms with Crippen LogP contribution in [0.3, 0.4) is 0 Å². The minimum Gasteiger partial charge on any atom is -0.468 e. The van der Waals surface area contributed by atoms with Crippen molar-refractivity contribution in [1.29, 1.82) is 0 Å². The Morgan fingerprint density at radius 1 is 1.14 bits per heavy atom. The van der Waals surface area contributed by atoms with Gasteiger partial charge in [0.1, 0.15) is 12.2 Å². The van der Waals surface area contributed by atoms with Crippen LogP contribution in [0.5, 0.6) is 0 Å². The van der Waals surface area contributed by atoms with Gasteiger partial charge < -0.3 is 29.7 Å². The van der Waals surface area contributed by atoms with Gasteiger partial charge in [-0.3, -0.25) is 4.79 Å². The van der Waals surface area contributed by atoms with Gasteiger partial charge in [0.2, 0.25) is 0 Å². The molecule has 2 amide bonds. The van der Waals surface area contributed by atoms with Crippen molar-refractivity contribution in [1.82, 2.24) is 15.5 Å². The maximum atomic E-state index is 12.3. The summed E-state index contributed by atoms with van der Waals surface area (Å²) in [4.78, 5) is 37.3. The number of nitrogens with one attached hydrogen (secondary N) is 2. The van der Waals surface area contributed by atoms with Gasteiger partial charge in [-0.05, 0) is 26.3 Å². The van der Waals surface area contributed by atoms with E-state index in [4.69, 9.17) is 9.47 Å². The minimum atomic E-state index is -0.765. The van der Waals surface area contributed by atoms with Gasteiger partial charge in [-0.2, -0.15) is 0 Å². The van der Waals surface area contributed by atoms with Crippen LogP contribution in [0.2, 0.25) is 0 Å². The lowest BCUT2D eigenvalue weighted by Crippen LogP contribution is -2.75. The van der Waals surface area contributed by atoms with E-state index in [2.05, 4.69) is 15.4 Å². The molecule has 0 unspecified atom stereocenters. The Bertz CT molecular complexity index is 711. The Balaban J connectivity index is 1.92. The average Bonchev–Trinajstić information content (AvgIpc) is 2.62. The number of rotatable bonds is 7. The van der Waals surface area contributed by atoms with Gasteiger partial charge in [-0.1, -0.05) is 30.3 Å². The molecule has 0 radical (unpaired) electrons. The summed E-state index contributed by atoms with van der Waals surface area (Å²) in [6.07, 6.45) is -1.06. The van der Waals surface area contributed by atoms with Gasteiger partial charge in [0.05, 0.1) is 32.3 Å². The number of alkyl carbamates (subject to hydrolysis) is 1. The molecule has 160 valence electrons. The fraction of sp³-hybridized carbons (Fsp3) is 0.550. The molecule has 1 aliphatic heterocycles. The van der Waals surface area contributed by atoms with Crippen molar-refractivity contribution in [3.63, 3.8) is 0 Å². The molecular weight excluding hydrogens is 378 g/mol. The largest absolute Gasteiger partial charge is 0.468 e. The highest BCUT2D eigenvalue weighted by atomic mass is 16.6. The molecule has 2 N–H and O–H groups in total. The second-order valence-corrected chi connectivity index (χ2v) is 7.98. The standard InChI is InChI=1S/C20H29N3O6/c1-19(2,3)29-18(26)23-13-20(14-23,12-21-10-16(24)27-4)22-17(25)28-11-15-8-6-5-7-9-15/h5-9,21H,10-14H2,1-4H3,(H,22,25). The zero-order valence-electron chi connectivity index (χ0n) is 17.3. The fourth-order valence-electron chi connectivity index (χ4n) is 2.83. The highest BCUT2D eigenvalue weighted by Crippen LogP contribution is 2.23. The summed E-state index contributed by atoms with van der Waals surface area (Å²) < 4.78 is 15.2. The van der Waals surface area contributed by atoms with Gasteiger partial charge in [0.15, 0.2) is 0 Å². The lowest BCUT2D eigenvalue weighted by molar-refractivity contribution is -0.139. The van der Waals surface area contributed by atoms with Crippen LogP contribution < -0.4 is 10.6 Å². The third-order valence-electron chi connectivity index (χ3n) is 4.18. The number of esters is 1. The summed E-state index contributed by atoms with van der Waals surface area (Å²) >= 11 is 0. The van der Waals surface area contributed by atoms with E-state index in [1.165, 1.54) is 12.0 Å². The summed E-state index contributed by atoms with van der Waals surface area (Å²) in [5.41, 5.74) is -0.511. The second kappa shape index (κ2) is 9.60. The van der Waals surface area contributed by atoms with E-state index in [0.29, 0.717) is 0 Å². The lowest BCUT2D eigenvalue weighted by Gasteiger charge is -2.49. The molecule has 1 fully saturated rings. The van der Waals surface area contributed by atoms with Gasteiger partial charge >= 0.3 is 18.2 Å². The molecule has 0 spiro atoms. The number of benzene rings is 1. The molecule has 1 aromatic rings. The number of carbonyl (C=O) groups excluding carboxylic acids is 3. The fourth-order valence-corrected chi connectivity index (χ4v) is 2.83. The first-order valence-corrected chi connectivity index (χ1v) is 9.37. The van der Waals surface area contributed by atoms with Gasteiger partial charge in [-0.15, -0.1) is 0 Å². The molecule has 0 saturated carbocycles. The predicted octanol–water partition coefficient (Wildman–Crippen LogP) is 1.66. The molecule has 9 nitrogen and oxygen atoms in total. The third kappa shape index (κ3) is 7.26. The molecular formula is C20H29N3O6. The average molecular weight is 407 g/mol. The highest BCUT2D eigenvalue weighted by Gasteiger charge is 2.47. The molecule has 29 heavy (non-hydrogen) atoms. The van der Waals surface area contributed by atoms with Crippen LogP contribution in [0.1, 0.15) is 26.3 Å². The van der Waals surface area contributed by atoms with E-state index in [9.17, 15) is 14.4 Å². The third-order valence-corrected chi connectivity index (χ3v) is 4.18. The molecule has 0 atom stereocenters. The predicted molar refractivity (Wildman–Crippen MR) is 105 cm³/mol. The molecule has 9 heteroatoms. The summed E-state index contributed by atoms with van der Waals surface area (Å²) in [7, 11) is 1.30. The van der Waals surface area contributed by atoms with Crippen molar-refractivity contribution in [2.24, 2.45) is 0 Å². The zero-order chi connectivity index (χ0) is 21.5. The SMILES string of the molecule is COC(=O)CNCC1(NC(=O)OCc2ccccc2)CN(C(=O)OC(C)(C)C)C1. The quantitative estimate of drug-likeness (QED) is 0.523. The first kappa shape index (κ1) is 22.5. The molecule has 0 aromatic heterocycles. The molecule has 0 bridgehead atoms. The van der Waals surface area contributed by atoms with Crippen molar-refractivity contribution >= 4 is 18.2 Å². The number of methoxy groups -OCH3 is 1. The first-order chi connectivity index (χ1) is 13.6. The molecule has 2 rings (SSSR count). The van der Waals surface area contributed by atoms with Gasteiger partial charge in [0.25, 0.3) is 0 Å². The summed E-state index contributed by atoms with van der Waals surface area (Å²) in [5.74, 6) is -0.421. The van der Waals surface area contributed by atoms with Crippen LogP contribution >= 0.6 is 0 Å². The Hall–Kier alpha value is -2.81. The summed E-state index contributed by atoms with van der Waals surface area (Å²) in [6.45, 7) is 6.22. The van der Waals surface area contributed by atoms with Crippen molar-refractivity contribution < 1.29 is 28.6 Å². The van der Waals surface area contributed by atoms with Gasteiger partial charge in [-0.25, -0.2) is 9.59 Å². The van der Waals surface area contributed by atoms with E-state index >= 15 is 0 Å². The topological polar surface area (TPSA) is 106 Å². The van der Waals surface area contributed by atoms with E-state index in [-0.39, 0.29) is 32.8 Å². The van der Waals surface area contributed by atoms with Crippen LogP contribution in [0, 0.1) is 0 Å². The Morgan fingerprint density at radius 2 is 1.79 bits per heavy atom. The zero-order valence-corrected chi connectivity index (χ0v) is 17.3. The number of hydrogen-bond acceptors (Lipinski definition) is 7.